The van der Waals surface area contributed by atoms with E-state index < -0.39 is 22.8 Å². The first-order chi connectivity index (χ1) is 6.35. The van der Waals surface area contributed by atoms with Gasteiger partial charge in [-0.3, -0.25) is 9.59 Å². The number of carbonyl (C=O) groups excluding carboxylic acids is 1. The zero-order chi connectivity index (χ0) is 10.9. The van der Waals surface area contributed by atoms with Crippen molar-refractivity contribution in [2.45, 2.75) is 12.8 Å². The van der Waals surface area contributed by atoms with Gasteiger partial charge >= 0.3 is 5.92 Å². The molecule has 1 aromatic heterocycles. The summed E-state index contributed by atoms with van der Waals surface area (Å²) in [6, 6.07) is 1.97. The zero-order valence-corrected chi connectivity index (χ0v) is 7.75. The standard InChI is InChI=1S/C9H9F2NO2/c1-6(13)9(10,11)7-3-4-8(14)12(2)5-7/h3-5H,1-2H3. The molecule has 5 heteroatoms. The van der Waals surface area contributed by atoms with Gasteiger partial charge in [0.1, 0.15) is 0 Å². The van der Waals surface area contributed by atoms with Gasteiger partial charge in [0, 0.05) is 31.8 Å². The second kappa shape index (κ2) is 3.32. The number of Topliss-reactive ketones (excluding diaryl/α,β-unsaturated/α-hetero) is 1. The minimum absolute atomic E-state index is 0.395. The minimum atomic E-state index is -3.52. The molecule has 3 nitrogen and oxygen atoms in total. The van der Waals surface area contributed by atoms with Gasteiger partial charge in [0.15, 0.2) is 0 Å². The fourth-order valence-corrected chi connectivity index (χ4v) is 0.983. The molecule has 0 aromatic carbocycles. The van der Waals surface area contributed by atoms with Crippen LogP contribution in [0.1, 0.15) is 12.5 Å². The van der Waals surface area contributed by atoms with Crippen molar-refractivity contribution in [2.24, 2.45) is 7.05 Å². The smallest absolute Gasteiger partial charge is 0.318 e. The molecule has 0 spiro atoms. The van der Waals surface area contributed by atoms with E-state index in [4.69, 9.17) is 0 Å². The van der Waals surface area contributed by atoms with Gasteiger partial charge in [0.25, 0.3) is 0 Å². The van der Waals surface area contributed by atoms with Gasteiger partial charge in [-0.25, -0.2) is 0 Å². The summed E-state index contributed by atoms with van der Waals surface area (Å²) in [6.07, 6.45) is 0.962. The summed E-state index contributed by atoms with van der Waals surface area (Å²) in [5, 5.41) is 0. The van der Waals surface area contributed by atoms with Gasteiger partial charge in [-0.15, -0.1) is 0 Å². The Morgan fingerprint density at radius 1 is 1.43 bits per heavy atom. The Labute approximate surface area is 79.0 Å². The SMILES string of the molecule is CC(=O)C(F)(F)c1ccc(=O)n(C)c1. The van der Waals surface area contributed by atoms with Gasteiger partial charge in [0.05, 0.1) is 0 Å². The second-order valence-electron chi connectivity index (χ2n) is 3.00. The van der Waals surface area contributed by atoms with Gasteiger partial charge in [-0.2, -0.15) is 8.78 Å². The summed E-state index contributed by atoms with van der Waals surface area (Å²) in [4.78, 5) is 21.5. The maximum Gasteiger partial charge on any atom is 0.331 e. The molecule has 76 valence electrons. The van der Waals surface area contributed by atoms with Gasteiger partial charge in [0.2, 0.25) is 11.3 Å². The zero-order valence-electron chi connectivity index (χ0n) is 7.75. The molecular weight excluding hydrogens is 192 g/mol. The first kappa shape index (κ1) is 10.6. The summed E-state index contributed by atoms with van der Waals surface area (Å²) in [5.41, 5.74) is -0.861. The maximum absolute atomic E-state index is 13.1. The van der Waals surface area contributed by atoms with E-state index in [0.29, 0.717) is 0 Å². The van der Waals surface area contributed by atoms with E-state index in [2.05, 4.69) is 0 Å². The predicted molar refractivity (Wildman–Crippen MR) is 46.3 cm³/mol. The van der Waals surface area contributed by atoms with Crippen LogP contribution in [0.4, 0.5) is 8.78 Å². The molecule has 0 fully saturated rings. The van der Waals surface area contributed by atoms with Crippen LogP contribution in [0.5, 0.6) is 0 Å². The third-order valence-corrected chi connectivity index (χ3v) is 1.89. The Bertz CT molecular complexity index is 423. The van der Waals surface area contributed by atoms with E-state index >= 15 is 0 Å². The number of alkyl halides is 2. The van der Waals surface area contributed by atoms with Crippen LogP contribution in [-0.2, 0) is 17.8 Å². The summed E-state index contributed by atoms with van der Waals surface area (Å²) in [5.74, 6) is -4.76. The monoisotopic (exact) mass is 201 g/mol. The highest BCUT2D eigenvalue weighted by atomic mass is 19.3. The molecule has 1 aromatic rings. The number of aromatic nitrogens is 1. The Hall–Kier alpha value is -1.52. The highest BCUT2D eigenvalue weighted by molar-refractivity contribution is 5.84. The van der Waals surface area contributed by atoms with Crippen LogP contribution in [0.3, 0.4) is 0 Å². The number of rotatable bonds is 2. The van der Waals surface area contributed by atoms with Crippen LogP contribution in [0.15, 0.2) is 23.1 Å². The van der Waals surface area contributed by atoms with Crippen molar-refractivity contribution in [2.75, 3.05) is 0 Å². The third kappa shape index (κ3) is 1.71. The number of hydrogen-bond donors (Lipinski definition) is 0. The molecular formula is C9H9F2NO2. The fraction of sp³-hybridized carbons (Fsp3) is 0.333. The first-order valence-electron chi connectivity index (χ1n) is 3.91. The number of halogens is 2. The van der Waals surface area contributed by atoms with Crippen molar-refractivity contribution in [3.8, 4) is 0 Å². The molecule has 0 radical (unpaired) electrons. The lowest BCUT2D eigenvalue weighted by Gasteiger charge is -2.13. The Kier molecular flexibility index (Phi) is 2.51. The molecule has 0 saturated carbocycles. The summed E-state index contributed by atoms with van der Waals surface area (Å²) in [6.45, 7) is 0.811. The molecule has 0 aliphatic carbocycles. The van der Waals surface area contributed by atoms with Crippen LogP contribution in [-0.4, -0.2) is 10.4 Å². The van der Waals surface area contributed by atoms with E-state index in [1.54, 1.807) is 0 Å². The first-order valence-corrected chi connectivity index (χ1v) is 3.91. The van der Waals surface area contributed by atoms with E-state index in [-0.39, 0.29) is 0 Å². The average molecular weight is 201 g/mol. The molecule has 0 N–H and O–H groups in total. The predicted octanol–water partition coefficient (Wildman–Crippen LogP) is 1.07. The molecule has 0 unspecified atom stereocenters. The topological polar surface area (TPSA) is 39.1 Å². The second-order valence-corrected chi connectivity index (χ2v) is 3.00. The molecule has 1 rings (SSSR count). The van der Waals surface area contributed by atoms with E-state index in [1.807, 2.05) is 0 Å². The van der Waals surface area contributed by atoms with Gasteiger partial charge < -0.3 is 4.57 Å². The lowest BCUT2D eigenvalue weighted by molar-refractivity contribution is -0.142. The van der Waals surface area contributed by atoms with Crippen LogP contribution >= 0.6 is 0 Å². The van der Waals surface area contributed by atoms with Crippen LogP contribution in [0.2, 0.25) is 0 Å². The Balaban J connectivity index is 3.27. The maximum atomic E-state index is 13.1. The molecule has 0 saturated heterocycles. The number of ketones is 1. The molecule has 0 aliphatic rings. The van der Waals surface area contributed by atoms with Crippen LogP contribution in [0.25, 0.3) is 0 Å². The lowest BCUT2D eigenvalue weighted by atomic mass is 10.1. The number of hydrogen-bond acceptors (Lipinski definition) is 2. The summed E-state index contributed by atoms with van der Waals surface area (Å²) >= 11 is 0. The number of nitrogens with zero attached hydrogens (tertiary/aromatic N) is 1. The van der Waals surface area contributed by atoms with Crippen molar-refractivity contribution in [3.05, 3.63) is 34.2 Å². The van der Waals surface area contributed by atoms with E-state index in [0.717, 1.165) is 29.8 Å². The fourth-order valence-electron chi connectivity index (χ4n) is 0.983. The lowest BCUT2D eigenvalue weighted by Crippen LogP contribution is -2.26. The number of pyridine rings is 1. The molecule has 0 aliphatic heterocycles. The summed E-state index contributed by atoms with van der Waals surface area (Å²) in [7, 11) is 1.35. The van der Waals surface area contributed by atoms with Crippen LogP contribution in [0, 0.1) is 0 Å². The Morgan fingerprint density at radius 3 is 2.43 bits per heavy atom. The minimum Gasteiger partial charge on any atom is -0.318 e. The molecule has 1 heterocycles. The highest BCUT2D eigenvalue weighted by Crippen LogP contribution is 2.27. The molecule has 14 heavy (non-hydrogen) atoms. The van der Waals surface area contributed by atoms with Gasteiger partial charge in [-0.05, 0) is 6.07 Å². The van der Waals surface area contributed by atoms with Crippen molar-refractivity contribution in [1.29, 1.82) is 0 Å². The number of carbonyl (C=O) groups is 1. The number of aryl methyl sites for hydroxylation is 1. The quantitative estimate of drug-likeness (QED) is 0.717. The molecule has 0 amide bonds. The van der Waals surface area contributed by atoms with E-state index in [1.165, 1.54) is 7.05 Å². The average Bonchev–Trinajstić information content (AvgIpc) is 2.09. The van der Waals surface area contributed by atoms with Crippen LogP contribution < -0.4 is 5.56 Å². The normalized spacial score (nSPS) is 11.4. The van der Waals surface area contributed by atoms with Crippen molar-refractivity contribution < 1.29 is 13.6 Å². The summed E-state index contributed by atoms with van der Waals surface area (Å²) < 4.78 is 27.3. The molecule has 0 bridgehead atoms. The van der Waals surface area contributed by atoms with Crippen molar-refractivity contribution in [1.82, 2.24) is 4.57 Å². The Morgan fingerprint density at radius 2 is 2.00 bits per heavy atom. The van der Waals surface area contributed by atoms with Crippen molar-refractivity contribution in [3.63, 3.8) is 0 Å². The van der Waals surface area contributed by atoms with Gasteiger partial charge in [-0.1, -0.05) is 0 Å². The highest BCUT2D eigenvalue weighted by Gasteiger charge is 2.37. The largest absolute Gasteiger partial charge is 0.331 e. The molecule has 0 atom stereocenters. The third-order valence-electron chi connectivity index (χ3n) is 1.89. The van der Waals surface area contributed by atoms with Crippen molar-refractivity contribution >= 4 is 5.78 Å². The van der Waals surface area contributed by atoms with E-state index in [9.17, 15) is 18.4 Å².